The predicted octanol–water partition coefficient (Wildman–Crippen LogP) is 6.37. The monoisotopic (exact) mass is 468 g/mol. The van der Waals surface area contributed by atoms with Gasteiger partial charge in [0, 0.05) is 17.4 Å². The van der Waals surface area contributed by atoms with Crippen LogP contribution in [0.4, 0.5) is 5.69 Å². The molecular weight excluding hydrogens is 444 g/mol. The Morgan fingerprint density at radius 3 is 2.47 bits per heavy atom. The number of nitrogens with zero attached hydrogens (tertiary/aromatic N) is 3. The third kappa shape index (κ3) is 4.84. The molecule has 0 bridgehead atoms. The smallest absolute Gasteiger partial charge is 0.276 e. The van der Waals surface area contributed by atoms with Gasteiger partial charge in [-0.05, 0) is 92.1 Å². The Morgan fingerprint density at radius 2 is 1.71 bits per heavy atom. The van der Waals surface area contributed by atoms with E-state index in [9.17, 15) is 4.79 Å². The third-order valence-corrected chi connectivity index (χ3v) is 6.43. The maximum atomic E-state index is 12.7. The van der Waals surface area contributed by atoms with Crippen molar-refractivity contribution in [2.75, 3.05) is 5.32 Å². The number of carbonyl (C=O) groups is 1. The van der Waals surface area contributed by atoms with Gasteiger partial charge < -0.3 is 10.1 Å². The van der Waals surface area contributed by atoms with Gasteiger partial charge in [-0.1, -0.05) is 12.1 Å². The summed E-state index contributed by atoms with van der Waals surface area (Å²) in [5, 5.41) is 8.19. The molecule has 0 fully saturated rings. The van der Waals surface area contributed by atoms with Crippen LogP contribution in [-0.2, 0) is 6.73 Å². The summed E-state index contributed by atoms with van der Waals surface area (Å²) in [6, 6.07) is 21.7. The van der Waals surface area contributed by atoms with E-state index in [1.54, 1.807) is 28.3 Å². The molecule has 0 aliphatic carbocycles. The summed E-state index contributed by atoms with van der Waals surface area (Å²) in [5.74, 6) is 0.510. The van der Waals surface area contributed by atoms with Crippen molar-refractivity contribution in [1.29, 1.82) is 0 Å². The van der Waals surface area contributed by atoms with Crippen LogP contribution in [0.3, 0.4) is 0 Å². The predicted molar refractivity (Wildman–Crippen MR) is 137 cm³/mol. The fraction of sp³-hybridized carbons (Fsp3) is 0.148. The van der Waals surface area contributed by atoms with Crippen molar-refractivity contribution in [2.24, 2.45) is 0 Å². The summed E-state index contributed by atoms with van der Waals surface area (Å²) in [7, 11) is 0. The van der Waals surface area contributed by atoms with Gasteiger partial charge in [0.05, 0.1) is 10.2 Å². The Kier molecular flexibility index (Phi) is 5.86. The van der Waals surface area contributed by atoms with Gasteiger partial charge in [0.15, 0.2) is 12.4 Å². The van der Waals surface area contributed by atoms with Gasteiger partial charge in [0.25, 0.3) is 5.91 Å². The second-order valence-corrected chi connectivity index (χ2v) is 9.39. The van der Waals surface area contributed by atoms with Crippen LogP contribution in [-0.4, -0.2) is 20.7 Å². The minimum Gasteiger partial charge on any atom is -0.471 e. The van der Waals surface area contributed by atoms with E-state index in [-0.39, 0.29) is 12.6 Å². The minimum absolute atomic E-state index is 0.229. The molecule has 34 heavy (non-hydrogen) atoms. The average Bonchev–Trinajstić information content (AvgIpc) is 3.44. The first-order valence-electron chi connectivity index (χ1n) is 11.0. The molecule has 6 nitrogen and oxygen atoms in total. The average molecular weight is 469 g/mol. The maximum absolute atomic E-state index is 12.7. The summed E-state index contributed by atoms with van der Waals surface area (Å²) in [5.41, 5.74) is 6.55. The van der Waals surface area contributed by atoms with Crippen molar-refractivity contribution in [3.63, 3.8) is 0 Å². The Hall–Kier alpha value is -3.97. The number of aryl methyl sites for hydroxylation is 3. The van der Waals surface area contributed by atoms with E-state index in [0.29, 0.717) is 11.4 Å². The number of rotatable bonds is 6. The highest BCUT2D eigenvalue weighted by atomic mass is 32.1. The third-order valence-electron chi connectivity index (χ3n) is 5.37. The summed E-state index contributed by atoms with van der Waals surface area (Å²) in [4.78, 5) is 17.4. The largest absolute Gasteiger partial charge is 0.471 e. The molecule has 0 aliphatic heterocycles. The van der Waals surface area contributed by atoms with E-state index in [2.05, 4.69) is 35.5 Å². The molecule has 2 aromatic heterocycles. The number of benzene rings is 3. The van der Waals surface area contributed by atoms with Gasteiger partial charge in [-0.2, -0.15) is 5.10 Å². The highest BCUT2D eigenvalue weighted by Crippen LogP contribution is 2.31. The van der Waals surface area contributed by atoms with Crippen LogP contribution in [0.5, 0.6) is 5.75 Å². The van der Waals surface area contributed by atoms with Crippen LogP contribution in [0.15, 0.2) is 72.9 Å². The zero-order valence-corrected chi connectivity index (χ0v) is 20.0. The maximum Gasteiger partial charge on any atom is 0.276 e. The molecule has 0 aliphatic rings. The van der Waals surface area contributed by atoms with Crippen LogP contribution in [0.2, 0.25) is 0 Å². The van der Waals surface area contributed by atoms with Gasteiger partial charge in [-0.15, -0.1) is 11.3 Å². The number of carbonyl (C=O) groups excluding carboxylic acids is 1. The van der Waals surface area contributed by atoms with Crippen molar-refractivity contribution in [1.82, 2.24) is 14.8 Å². The summed E-state index contributed by atoms with van der Waals surface area (Å²) >= 11 is 1.67. The molecule has 5 rings (SSSR count). The Bertz CT molecular complexity index is 1460. The molecule has 0 saturated heterocycles. The number of amides is 1. The molecule has 5 aromatic rings. The fourth-order valence-electron chi connectivity index (χ4n) is 3.76. The summed E-state index contributed by atoms with van der Waals surface area (Å²) in [6.45, 7) is 6.37. The van der Waals surface area contributed by atoms with Crippen LogP contribution in [0.1, 0.15) is 27.2 Å². The van der Waals surface area contributed by atoms with E-state index < -0.39 is 0 Å². The summed E-state index contributed by atoms with van der Waals surface area (Å²) < 4.78 is 8.58. The lowest BCUT2D eigenvalue weighted by atomic mass is 10.1. The van der Waals surface area contributed by atoms with Crippen LogP contribution in [0, 0.1) is 20.8 Å². The number of nitrogens with one attached hydrogen (secondary N) is 1. The number of aromatic nitrogens is 3. The molecule has 3 aromatic carbocycles. The van der Waals surface area contributed by atoms with Crippen molar-refractivity contribution in [2.45, 2.75) is 27.5 Å². The van der Waals surface area contributed by atoms with Crippen molar-refractivity contribution in [3.05, 3.63) is 95.3 Å². The first-order chi connectivity index (χ1) is 16.4. The molecule has 1 amide bonds. The molecule has 7 heteroatoms. The first kappa shape index (κ1) is 21.9. The van der Waals surface area contributed by atoms with Crippen LogP contribution in [0.25, 0.3) is 20.8 Å². The Morgan fingerprint density at radius 1 is 0.941 bits per heavy atom. The lowest BCUT2D eigenvalue weighted by Crippen LogP contribution is -2.14. The Labute approximate surface area is 201 Å². The van der Waals surface area contributed by atoms with Gasteiger partial charge in [0.1, 0.15) is 10.8 Å². The Balaban J connectivity index is 1.22. The van der Waals surface area contributed by atoms with E-state index in [1.165, 1.54) is 10.3 Å². The molecule has 2 heterocycles. The highest BCUT2D eigenvalue weighted by molar-refractivity contribution is 7.21. The van der Waals surface area contributed by atoms with Crippen molar-refractivity contribution in [3.8, 4) is 16.3 Å². The van der Waals surface area contributed by atoms with Gasteiger partial charge >= 0.3 is 0 Å². The van der Waals surface area contributed by atoms with E-state index in [4.69, 9.17) is 9.72 Å². The van der Waals surface area contributed by atoms with Gasteiger partial charge in [-0.3, -0.25) is 4.79 Å². The minimum atomic E-state index is -0.270. The molecule has 0 radical (unpaired) electrons. The second kappa shape index (κ2) is 9.11. The standard InChI is InChI=1S/C27H24N4O2S/c1-17-4-9-23-25(15-17)34-27(29-23)20-5-7-21(8-6-20)28-26(32)24-10-11-31(30-24)16-33-22-13-18(2)12-19(3)14-22/h4-15H,16H2,1-3H3,(H,28,32). The second-order valence-electron chi connectivity index (χ2n) is 8.36. The van der Waals surface area contributed by atoms with Crippen LogP contribution >= 0.6 is 11.3 Å². The molecule has 0 unspecified atom stereocenters. The number of fused-ring (bicyclic) bond motifs is 1. The number of hydrogen-bond acceptors (Lipinski definition) is 5. The quantitative estimate of drug-likeness (QED) is 0.314. The topological polar surface area (TPSA) is 69.0 Å². The van der Waals surface area contributed by atoms with Gasteiger partial charge in [0.2, 0.25) is 0 Å². The molecule has 0 atom stereocenters. The molecular formula is C27H24N4O2S. The van der Waals surface area contributed by atoms with Crippen LogP contribution < -0.4 is 10.1 Å². The summed E-state index contributed by atoms with van der Waals surface area (Å²) in [6.07, 6.45) is 1.73. The van der Waals surface area contributed by atoms with Gasteiger partial charge in [-0.25, -0.2) is 9.67 Å². The first-order valence-corrected chi connectivity index (χ1v) is 11.8. The van der Waals surface area contributed by atoms with Crippen molar-refractivity contribution >= 4 is 33.1 Å². The SMILES string of the molecule is Cc1cc(C)cc(OCn2ccc(C(=O)Nc3ccc(-c4nc5ccc(C)cc5s4)cc3)n2)c1. The lowest BCUT2D eigenvalue weighted by molar-refractivity contribution is 0.102. The van der Waals surface area contributed by atoms with E-state index in [1.807, 2.05) is 56.3 Å². The molecule has 0 saturated carbocycles. The van der Waals surface area contributed by atoms with E-state index >= 15 is 0 Å². The molecule has 170 valence electrons. The zero-order chi connectivity index (χ0) is 23.7. The lowest BCUT2D eigenvalue weighted by Gasteiger charge is -2.08. The highest BCUT2D eigenvalue weighted by Gasteiger charge is 2.11. The number of hydrogen-bond donors (Lipinski definition) is 1. The molecule has 1 N–H and O–H groups in total. The number of thiazole rings is 1. The normalized spacial score (nSPS) is 11.0. The number of anilines is 1. The zero-order valence-electron chi connectivity index (χ0n) is 19.2. The van der Waals surface area contributed by atoms with E-state index in [0.717, 1.165) is 33.0 Å². The van der Waals surface area contributed by atoms with Crippen molar-refractivity contribution < 1.29 is 9.53 Å². The number of ether oxygens (including phenoxy) is 1. The fourth-order valence-corrected chi connectivity index (χ4v) is 4.83. The molecule has 0 spiro atoms.